The molecule has 2 aromatic carbocycles. The average molecular weight is 350 g/mol. The maximum Gasteiger partial charge on any atom is 0.263 e. The van der Waals surface area contributed by atoms with E-state index in [0.29, 0.717) is 18.0 Å². The molecule has 132 valence electrons. The summed E-state index contributed by atoms with van der Waals surface area (Å²) in [5.74, 6) is 0.0128. The highest BCUT2D eigenvalue weighted by Gasteiger charge is 2.54. The molecule has 2 aliphatic heterocycles. The largest absolute Gasteiger partial charge is 0.497 e. The van der Waals surface area contributed by atoms with Crippen molar-refractivity contribution in [1.82, 2.24) is 5.01 Å². The van der Waals surface area contributed by atoms with Gasteiger partial charge in [-0.15, -0.1) is 0 Å². The van der Waals surface area contributed by atoms with Crippen molar-refractivity contribution in [3.63, 3.8) is 0 Å². The zero-order chi connectivity index (χ0) is 18.3. The van der Waals surface area contributed by atoms with Gasteiger partial charge in [0, 0.05) is 0 Å². The lowest BCUT2D eigenvalue weighted by molar-refractivity contribution is -0.123. The molecule has 2 heterocycles. The number of nitrogens with zero attached hydrogens (tertiary/aromatic N) is 4. The number of amides is 2. The van der Waals surface area contributed by atoms with E-state index >= 15 is 0 Å². The first kappa shape index (κ1) is 16.3. The number of anilines is 1. The fraction of sp³-hybridized carbons (Fsp3) is 0.263. The van der Waals surface area contributed by atoms with Gasteiger partial charge < -0.3 is 4.74 Å². The van der Waals surface area contributed by atoms with E-state index in [9.17, 15) is 9.59 Å². The Balaban J connectivity index is 1.60. The zero-order valence-electron chi connectivity index (χ0n) is 14.5. The van der Waals surface area contributed by atoms with Gasteiger partial charge in [-0.2, -0.15) is 5.11 Å². The van der Waals surface area contributed by atoms with E-state index in [-0.39, 0.29) is 11.8 Å². The van der Waals surface area contributed by atoms with Crippen molar-refractivity contribution in [2.45, 2.75) is 25.6 Å². The molecule has 1 saturated heterocycles. The standard InChI is InChI=1S/C19H18N4O3/c1-12-5-3-4-6-13(12)11-22-17-16(20-21-22)18(24)23(19(17)25)14-7-9-15(26-2)10-8-14/h3-10,16-17H,11H2,1-2H3/t16-,17-/m1/s1. The molecule has 7 heteroatoms. The molecule has 0 bridgehead atoms. The second kappa shape index (κ2) is 6.25. The predicted molar refractivity (Wildman–Crippen MR) is 94.6 cm³/mol. The van der Waals surface area contributed by atoms with Crippen LogP contribution in [-0.2, 0) is 16.1 Å². The molecule has 26 heavy (non-hydrogen) atoms. The van der Waals surface area contributed by atoms with Gasteiger partial charge in [0.25, 0.3) is 11.8 Å². The number of imide groups is 1. The van der Waals surface area contributed by atoms with Crippen LogP contribution >= 0.6 is 0 Å². The van der Waals surface area contributed by atoms with Crippen LogP contribution in [0.5, 0.6) is 5.75 Å². The Morgan fingerprint density at radius 2 is 1.77 bits per heavy atom. The van der Waals surface area contributed by atoms with E-state index in [2.05, 4.69) is 10.3 Å². The van der Waals surface area contributed by atoms with E-state index in [0.717, 1.165) is 11.1 Å². The summed E-state index contributed by atoms with van der Waals surface area (Å²) in [6.45, 7) is 2.44. The number of hydrogen-bond acceptors (Lipinski definition) is 6. The van der Waals surface area contributed by atoms with Crippen LogP contribution < -0.4 is 9.64 Å². The molecule has 7 nitrogen and oxygen atoms in total. The first-order chi connectivity index (χ1) is 12.6. The van der Waals surface area contributed by atoms with Crippen LogP contribution in [0, 0.1) is 6.92 Å². The Hall–Kier alpha value is -3.22. The number of methoxy groups -OCH3 is 1. The van der Waals surface area contributed by atoms with Crippen molar-refractivity contribution in [3.05, 3.63) is 59.7 Å². The van der Waals surface area contributed by atoms with Crippen molar-refractivity contribution >= 4 is 17.5 Å². The molecule has 0 saturated carbocycles. The molecule has 0 aromatic heterocycles. The number of carbonyl (C=O) groups is 2. The lowest BCUT2D eigenvalue weighted by Crippen LogP contribution is -2.39. The first-order valence-electron chi connectivity index (χ1n) is 8.34. The number of aryl methyl sites for hydroxylation is 1. The van der Waals surface area contributed by atoms with E-state index in [1.165, 1.54) is 4.90 Å². The number of ether oxygens (including phenoxy) is 1. The van der Waals surface area contributed by atoms with E-state index in [4.69, 9.17) is 4.74 Å². The van der Waals surface area contributed by atoms with E-state index in [1.807, 2.05) is 31.2 Å². The van der Waals surface area contributed by atoms with Gasteiger partial charge in [0.15, 0.2) is 12.1 Å². The number of carbonyl (C=O) groups excluding carboxylic acids is 2. The predicted octanol–water partition coefficient (Wildman–Crippen LogP) is 2.50. The fourth-order valence-corrected chi connectivity index (χ4v) is 3.30. The third-order valence-electron chi connectivity index (χ3n) is 4.78. The van der Waals surface area contributed by atoms with Crippen molar-refractivity contribution in [2.24, 2.45) is 10.3 Å². The lowest BCUT2D eigenvalue weighted by Gasteiger charge is -2.21. The molecule has 2 aliphatic rings. The van der Waals surface area contributed by atoms with Crippen LogP contribution in [0.3, 0.4) is 0 Å². The van der Waals surface area contributed by atoms with Crippen LogP contribution in [0.25, 0.3) is 0 Å². The first-order valence-corrected chi connectivity index (χ1v) is 8.34. The smallest absolute Gasteiger partial charge is 0.263 e. The molecule has 0 aliphatic carbocycles. The summed E-state index contributed by atoms with van der Waals surface area (Å²) >= 11 is 0. The summed E-state index contributed by atoms with van der Waals surface area (Å²) in [5, 5.41) is 9.75. The monoisotopic (exact) mass is 350 g/mol. The summed E-state index contributed by atoms with van der Waals surface area (Å²) in [6, 6.07) is 13.2. The summed E-state index contributed by atoms with van der Waals surface area (Å²) in [6.07, 6.45) is 0. The topological polar surface area (TPSA) is 74.6 Å². The van der Waals surface area contributed by atoms with Gasteiger partial charge in [-0.3, -0.25) is 14.6 Å². The van der Waals surface area contributed by atoms with Crippen LogP contribution in [0.1, 0.15) is 11.1 Å². The van der Waals surface area contributed by atoms with Crippen molar-refractivity contribution in [1.29, 1.82) is 0 Å². The summed E-state index contributed by atoms with van der Waals surface area (Å²) in [4.78, 5) is 26.9. The van der Waals surface area contributed by atoms with Gasteiger partial charge in [-0.25, -0.2) is 4.90 Å². The third kappa shape index (κ3) is 2.52. The van der Waals surface area contributed by atoms with Crippen molar-refractivity contribution in [2.75, 3.05) is 12.0 Å². The Labute approximate surface area is 150 Å². The molecule has 2 amide bonds. The second-order valence-corrected chi connectivity index (χ2v) is 6.33. The Bertz CT molecular complexity index is 894. The Morgan fingerprint density at radius 1 is 1.04 bits per heavy atom. The van der Waals surface area contributed by atoms with Crippen LogP contribution in [-0.4, -0.2) is 36.0 Å². The fourth-order valence-electron chi connectivity index (χ4n) is 3.30. The van der Waals surface area contributed by atoms with Crippen molar-refractivity contribution < 1.29 is 14.3 Å². The number of rotatable bonds is 4. The second-order valence-electron chi connectivity index (χ2n) is 6.33. The summed E-state index contributed by atoms with van der Waals surface area (Å²) in [5.41, 5.74) is 2.67. The molecule has 0 unspecified atom stereocenters. The highest BCUT2D eigenvalue weighted by atomic mass is 16.5. The highest BCUT2D eigenvalue weighted by Crippen LogP contribution is 2.33. The molecule has 2 aromatic rings. The highest BCUT2D eigenvalue weighted by molar-refractivity contribution is 6.25. The van der Waals surface area contributed by atoms with Crippen LogP contribution in [0.15, 0.2) is 58.9 Å². The van der Waals surface area contributed by atoms with Gasteiger partial charge in [0.1, 0.15) is 5.75 Å². The minimum Gasteiger partial charge on any atom is -0.497 e. The van der Waals surface area contributed by atoms with Crippen molar-refractivity contribution in [3.8, 4) is 5.75 Å². The van der Waals surface area contributed by atoms with E-state index < -0.39 is 12.1 Å². The average Bonchev–Trinajstić information content (AvgIpc) is 3.17. The minimum atomic E-state index is -0.784. The molecular weight excluding hydrogens is 332 g/mol. The molecule has 0 N–H and O–H groups in total. The maximum absolute atomic E-state index is 13.0. The van der Waals surface area contributed by atoms with Crippen LogP contribution in [0.4, 0.5) is 5.69 Å². The van der Waals surface area contributed by atoms with Gasteiger partial charge in [0.2, 0.25) is 0 Å². The number of fused-ring (bicyclic) bond motifs is 1. The number of benzene rings is 2. The Kier molecular flexibility index (Phi) is 3.91. The summed E-state index contributed by atoms with van der Waals surface area (Å²) in [7, 11) is 1.56. The third-order valence-corrected chi connectivity index (χ3v) is 4.78. The van der Waals surface area contributed by atoms with Gasteiger partial charge in [-0.05, 0) is 42.3 Å². The quantitative estimate of drug-likeness (QED) is 0.794. The minimum absolute atomic E-state index is 0.302. The number of hydrogen-bond donors (Lipinski definition) is 0. The molecule has 4 rings (SSSR count). The zero-order valence-corrected chi connectivity index (χ0v) is 14.5. The molecule has 0 spiro atoms. The van der Waals surface area contributed by atoms with Gasteiger partial charge >= 0.3 is 0 Å². The van der Waals surface area contributed by atoms with Crippen LogP contribution in [0.2, 0.25) is 0 Å². The van der Waals surface area contributed by atoms with Gasteiger partial charge in [0.05, 0.1) is 19.3 Å². The molecular formula is C19H18N4O3. The molecule has 1 fully saturated rings. The molecule has 0 radical (unpaired) electrons. The normalized spacial score (nSPS) is 21.5. The summed E-state index contributed by atoms with van der Waals surface area (Å²) < 4.78 is 5.12. The SMILES string of the molecule is COc1ccc(N2C(=O)[C@@H]3N=NN(Cc4ccccc4C)[C@H]3C2=O)cc1. The maximum atomic E-state index is 13.0. The Morgan fingerprint density at radius 3 is 2.46 bits per heavy atom. The molecule has 2 atom stereocenters. The van der Waals surface area contributed by atoms with E-state index in [1.54, 1.807) is 36.4 Å². The van der Waals surface area contributed by atoms with Gasteiger partial charge in [-0.1, -0.05) is 29.5 Å². The lowest BCUT2D eigenvalue weighted by atomic mass is 10.1.